The Labute approximate surface area is 86.7 Å². The van der Waals surface area contributed by atoms with Gasteiger partial charge in [-0.1, -0.05) is 19.1 Å². The third kappa shape index (κ3) is 2.85. The van der Waals surface area contributed by atoms with Gasteiger partial charge < -0.3 is 9.53 Å². The molecule has 0 heterocycles. The second-order valence-corrected chi connectivity index (χ2v) is 8.22. The maximum absolute atomic E-state index is 9.15. The van der Waals surface area contributed by atoms with Gasteiger partial charge >= 0.3 is 0 Å². The molecular formula is C11H18O2Si. The van der Waals surface area contributed by atoms with Crippen molar-refractivity contribution < 1.29 is 9.53 Å². The highest BCUT2D eigenvalue weighted by atomic mass is 28.4. The van der Waals surface area contributed by atoms with Crippen molar-refractivity contribution in [2.75, 3.05) is 7.11 Å². The van der Waals surface area contributed by atoms with Crippen LogP contribution in [0.2, 0.25) is 12.6 Å². The molecule has 78 valence electrons. The lowest BCUT2D eigenvalue weighted by molar-refractivity contribution is 0.397. The van der Waals surface area contributed by atoms with Crippen LogP contribution in [0.1, 0.15) is 12.5 Å². The summed E-state index contributed by atoms with van der Waals surface area (Å²) in [5, 5.41) is 9.15. The molecule has 1 aromatic rings. The van der Waals surface area contributed by atoms with Gasteiger partial charge in [-0.2, -0.15) is 0 Å². The predicted molar refractivity (Wildman–Crippen MR) is 60.9 cm³/mol. The molecule has 3 heteroatoms. The fraction of sp³-hybridized carbons (Fsp3) is 0.455. The van der Waals surface area contributed by atoms with Crippen LogP contribution < -0.4 is 0 Å². The molecule has 0 saturated carbocycles. The van der Waals surface area contributed by atoms with Gasteiger partial charge in [-0.3, -0.25) is 0 Å². The Kier molecular flexibility index (Phi) is 3.72. The van der Waals surface area contributed by atoms with Crippen LogP contribution in [0, 0.1) is 0 Å². The fourth-order valence-corrected chi connectivity index (χ4v) is 3.17. The van der Waals surface area contributed by atoms with Gasteiger partial charge in [-0.25, -0.2) is 0 Å². The van der Waals surface area contributed by atoms with E-state index in [9.17, 15) is 0 Å². The van der Waals surface area contributed by atoms with Crippen molar-refractivity contribution in [2.45, 2.75) is 25.6 Å². The Bertz CT molecular complexity index is 278. The van der Waals surface area contributed by atoms with Gasteiger partial charge in [0, 0.05) is 7.11 Å². The minimum absolute atomic E-state index is 0.325. The molecule has 1 aromatic carbocycles. The average Bonchev–Trinajstić information content (AvgIpc) is 2.21. The largest absolute Gasteiger partial charge is 0.508 e. The molecule has 0 fully saturated rings. The number of phenolic OH excluding ortho intramolecular Hbond substituents is 1. The number of rotatable bonds is 4. The molecular weight excluding hydrogens is 192 g/mol. The topological polar surface area (TPSA) is 29.5 Å². The molecule has 0 aliphatic heterocycles. The molecule has 0 radical (unpaired) electrons. The minimum Gasteiger partial charge on any atom is -0.508 e. The Morgan fingerprint density at radius 3 is 2.29 bits per heavy atom. The summed E-state index contributed by atoms with van der Waals surface area (Å²) in [5.74, 6) is 0.325. The quantitative estimate of drug-likeness (QED) is 0.774. The first kappa shape index (κ1) is 11.3. The molecule has 1 rings (SSSR count). The van der Waals surface area contributed by atoms with Crippen LogP contribution in [-0.2, 0) is 10.5 Å². The van der Waals surface area contributed by atoms with Crippen LogP contribution in [0.3, 0.4) is 0 Å². The van der Waals surface area contributed by atoms with Gasteiger partial charge in [0.25, 0.3) is 0 Å². The lowest BCUT2D eigenvalue weighted by Gasteiger charge is -2.23. The van der Waals surface area contributed by atoms with Crippen LogP contribution in [-0.4, -0.2) is 20.5 Å². The third-order valence-corrected chi connectivity index (χ3v) is 6.39. The maximum Gasteiger partial charge on any atom is 0.193 e. The summed E-state index contributed by atoms with van der Waals surface area (Å²) in [7, 11) is 0.265. The highest BCUT2D eigenvalue weighted by Crippen LogP contribution is 2.18. The average molecular weight is 210 g/mol. The molecule has 0 bridgehead atoms. The van der Waals surface area contributed by atoms with Gasteiger partial charge in [0.2, 0.25) is 0 Å². The van der Waals surface area contributed by atoms with Crippen LogP contribution in [0.5, 0.6) is 5.75 Å². The van der Waals surface area contributed by atoms with Crippen molar-refractivity contribution in [3.8, 4) is 5.75 Å². The second-order valence-electron chi connectivity index (χ2n) is 3.85. The molecule has 0 amide bonds. The first-order chi connectivity index (χ1) is 6.59. The van der Waals surface area contributed by atoms with E-state index in [0.29, 0.717) is 5.75 Å². The predicted octanol–water partition coefficient (Wildman–Crippen LogP) is 2.72. The van der Waals surface area contributed by atoms with E-state index in [1.807, 2.05) is 12.1 Å². The van der Waals surface area contributed by atoms with Crippen molar-refractivity contribution in [3.63, 3.8) is 0 Å². The van der Waals surface area contributed by atoms with Gasteiger partial charge in [-0.15, -0.1) is 0 Å². The van der Waals surface area contributed by atoms with Crippen LogP contribution in [0.4, 0.5) is 0 Å². The van der Waals surface area contributed by atoms with Crippen molar-refractivity contribution in [1.82, 2.24) is 0 Å². The highest BCUT2D eigenvalue weighted by molar-refractivity contribution is 6.71. The van der Waals surface area contributed by atoms with Gasteiger partial charge in [0.15, 0.2) is 8.32 Å². The summed E-state index contributed by atoms with van der Waals surface area (Å²) < 4.78 is 5.60. The van der Waals surface area contributed by atoms with E-state index in [1.165, 1.54) is 5.56 Å². The molecule has 0 aliphatic carbocycles. The maximum atomic E-state index is 9.15. The van der Waals surface area contributed by atoms with Crippen molar-refractivity contribution >= 4 is 8.32 Å². The molecule has 1 N–H and O–H groups in total. The Hall–Kier alpha value is -0.803. The fourth-order valence-electron chi connectivity index (χ4n) is 1.39. The van der Waals surface area contributed by atoms with Gasteiger partial charge in [-0.05, 0) is 36.3 Å². The molecule has 0 aromatic heterocycles. The molecule has 2 nitrogen and oxygen atoms in total. The summed E-state index contributed by atoms with van der Waals surface area (Å²) in [6.07, 6.45) is 0. The SMILES string of the molecule is CC[Si](C)(Cc1ccc(O)cc1)OC. The molecule has 1 unspecified atom stereocenters. The summed E-state index contributed by atoms with van der Waals surface area (Å²) in [4.78, 5) is 0. The first-order valence-electron chi connectivity index (χ1n) is 4.93. The molecule has 1 atom stereocenters. The van der Waals surface area contributed by atoms with E-state index < -0.39 is 8.32 Å². The Morgan fingerprint density at radius 1 is 1.29 bits per heavy atom. The van der Waals surface area contributed by atoms with Crippen molar-refractivity contribution in [2.24, 2.45) is 0 Å². The number of hydrogen-bond acceptors (Lipinski definition) is 2. The van der Waals surface area contributed by atoms with Crippen LogP contribution in [0.25, 0.3) is 0 Å². The number of phenols is 1. The van der Waals surface area contributed by atoms with Crippen molar-refractivity contribution in [1.29, 1.82) is 0 Å². The minimum atomic E-state index is -1.54. The molecule has 0 aliphatic rings. The van der Waals surface area contributed by atoms with E-state index in [4.69, 9.17) is 9.53 Å². The standard InChI is InChI=1S/C11H18O2Si/c1-4-14(3,13-2)9-10-5-7-11(12)8-6-10/h5-8,12H,4,9H2,1-3H3. The van der Waals surface area contributed by atoms with E-state index in [-0.39, 0.29) is 0 Å². The van der Waals surface area contributed by atoms with Gasteiger partial charge in [0.1, 0.15) is 5.75 Å². The monoisotopic (exact) mass is 210 g/mol. The molecule has 14 heavy (non-hydrogen) atoms. The van der Waals surface area contributed by atoms with E-state index >= 15 is 0 Å². The van der Waals surface area contributed by atoms with Crippen molar-refractivity contribution in [3.05, 3.63) is 29.8 Å². The Morgan fingerprint density at radius 2 is 1.86 bits per heavy atom. The first-order valence-corrected chi connectivity index (χ1v) is 7.75. The van der Waals surface area contributed by atoms with Crippen LogP contribution >= 0.6 is 0 Å². The number of aromatic hydroxyl groups is 1. The highest BCUT2D eigenvalue weighted by Gasteiger charge is 2.25. The molecule has 0 spiro atoms. The number of hydrogen-bond donors (Lipinski definition) is 1. The Balaban J connectivity index is 2.72. The summed E-state index contributed by atoms with van der Waals surface area (Å²) in [6.45, 7) is 4.41. The zero-order valence-corrected chi connectivity index (χ0v) is 10.1. The number of benzene rings is 1. The van der Waals surface area contributed by atoms with E-state index in [2.05, 4.69) is 13.5 Å². The van der Waals surface area contributed by atoms with E-state index in [0.717, 1.165) is 12.1 Å². The zero-order chi connectivity index (χ0) is 10.6. The normalized spacial score (nSPS) is 15.1. The summed E-state index contributed by atoms with van der Waals surface area (Å²) in [6, 6.07) is 9.53. The summed E-state index contributed by atoms with van der Waals surface area (Å²) >= 11 is 0. The second kappa shape index (κ2) is 4.62. The van der Waals surface area contributed by atoms with E-state index in [1.54, 1.807) is 19.2 Å². The third-order valence-electron chi connectivity index (χ3n) is 2.76. The zero-order valence-electron chi connectivity index (χ0n) is 9.08. The van der Waals surface area contributed by atoms with Gasteiger partial charge in [0.05, 0.1) is 0 Å². The lowest BCUT2D eigenvalue weighted by Crippen LogP contribution is -2.35. The molecule has 0 saturated heterocycles. The smallest absolute Gasteiger partial charge is 0.193 e. The summed E-state index contributed by atoms with van der Waals surface area (Å²) in [5.41, 5.74) is 1.25. The van der Waals surface area contributed by atoms with Crippen LogP contribution in [0.15, 0.2) is 24.3 Å². The lowest BCUT2D eigenvalue weighted by atomic mass is 10.2.